The molecule has 5 rings (SSSR count). The van der Waals surface area contributed by atoms with Gasteiger partial charge >= 0.3 is 5.97 Å². The minimum atomic E-state index is -0.883. The van der Waals surface area contributed by atoms with E-state index in [9.17, 15) is 29.1 Å². The maximum Gasteiger partial charge on any atom is 0.303 e. The standard InChI is InChI=1S/C30H30ClNO8/c1-14-10-21(33)26-19(27(14)36)13-18-16(24(26)15-11-20(31)28(37)22(12-15)40-2)7-8-17-25(18)30(39)32(29(17)38)9-5-3-4-6-23(34)35/h7,10-12,17-18,24-25,37H,3-6,8-9,13H2,1-2H3,(H,34,35). The molecule has 0 spiro atoms. The average molecular weight is 568 g/mol. The van der Waals surface area contributed by atoms with Crippen molar-refractivity contribution in [1.29, 1.82) is 0 Å². The number of carbonyl (C=O) groups excluding carboxylic acids is 4. The van der Waals surface area contributed by atoms with E-state index >= 15 is 0 Å². The molecule has 4 unspecified atom stereocenters. The van der Waals surface area contributed by atoms with Crippen molar-refractivity contribution in [1.82, 2.24) is 4.90 Å². The Balaban J connectivity index is 1.53. The van der Waals surface area contributed by atoms with Crippen LogP contribution >= 0.6 is 11.6 Å². The number of hydrogen-bond donors (Lipinski definition) is 2. The largest absolute Gasteiger partial charge is 0.503 e. The zero-order valence-electron chi connectivity index (χ0n) is 22.2. The Morgan fingerprint density at radius 1 is 1.10 bits per heavy atom. The predicted octanol–water partition coefficient (Wildman–Crippen LogP) is 4.13. The third-order valence-electron chi connectivity index (χ3n) is 8.53. The number of ether oxygens (including phenoxy) is 1. The molecule has 3 aliphatic carbocycles. The summed E-state index contributed by atoms with van der Waals surface area (Å²) < 4.78 is 5.31. The first-order valence-electron chi connectivity index (χ1n) is 13.4. The molecule has 4 atom stereocenters. The summed E-state index contributed by atoms with van der Waals surface area (Å²) in [7, 11) is 1.38. The Labute approximate surface area is 236 Å². The summed E-state index contributed by atoms with van der Waals surface area (Å²) in [6.07, 6.45) is 5.32. The van der Waals surface area contributed by atoms with Crippen LogP contribution in [0.15, 0.2) is 46.6 Å². The fourth-order valence-electron chi connectivity index (χ4n) is 6.69. The third-order valence-corrected chi connectivity index (χ3v) is 8.82. The van der Waals surface area contributed by atoms with Gasteiger partial charge in [-0.3, -0.25) is 28.9 Å². The number of carboxylic acids is 1. The molecule has 40 heavy (non-hydrogen) atoms. The highest BCUT2D eigenvalue weighted by atomic mass is 35.5. The third kappa shape index (κ3) is 4.56. The fraction of sp³-hybridized carbons (Fsp3) is 0.433. The molecule has 1 aromatic carbocycles. The number of aliphatic carboxylic acids is 1. The molecular formula is C30H30ClNO8. The lowest BCUT2D eigenvalue weighted by molar-refractivity contribution is -0.141. The van der Waals surface area contributed by atoms with Crippen LogP contribution in [-0.2, 0) is 24.0 Å². The summed E-state index contributed by atoms with van der Waals surface area (Å²) in [5, 5.41) is 19.2. The number of Topliss-reactive ketones (excluding diaryl/α,β-unsaturated/α-hetero) is 1. The zero-order chi connectivity index (χ0) is 28.9. The fourth-order valence-corrected chi connectivity index (χ4v) is 6.91. The lowest BCUT2D eigenvalue weighted by atomic mass is 9.59. The van der Waals surface area contributed by atoms with E-state index in [1.165, 1.54) is 24.2 Å². The Morgan fingerprint density at radius 2 is 1.85 bits per heavy atom. The van der Waals surface area contributed by atoms with Gasteiger partial charge in [0.15, 0.2) is 23.1 Å². The molecule has 1 aromatic rings. The van der Waals surface area contributed by atoms with E-state index in [4.69, 9.17) is 21.4 Å². The molecule has 0 saturated carbocycles. The molecule has 210 valence electrons. The highest BCUT2D eigenvalue weighted by molar-refractivity contribution is 6.32. The van der Waals surface area contributed by atoms with Gasteiger partial charge in [0.1, 0.15) is 0 Å². The number of fused-ring (bicyclic) bond motifs is 3. The van der Waals surface area contributed by atoms with Crippen LogP contribution in [0.4, 0.5) is 0 Å². The van der Waals surface area contributed by atoms with Crippen molar-refractivity contribution in [2.24, 2.45) is 17.8 Å². The van der Waals surface area contributed by atoms with Gasteiger partial charge in [0.2, 0.25) is 11.8 Å². The summed E-state index contributed by atoms with van der Waals surface area (Å²) in [6.45, 7) is 1.80. The summed E-state index contributed by atoms with van der Waals surface area (Å²) in [4.78, 5) is 65.9. The molecule has 1 fully saturated rings. The molecule has 9 nitrogen and oxygen atoms in total. The minimum Gasteiger partial charge on any atom is -0.503 e. The number of phenols is 1. The molecule has 10 heteroatoms. The number of hydrogen-bond acceptors (Lipinski definition) is 7. The van der Waals surface area contributed by atoms with Gasteiger partial charge in [-0.25, -0.2) is 0 Å². The number of benzene rings is 1. The number of aromatic hydroxyl groups is 1. The number of imide groups is 1. The summed E-state index contributed by atoms with van der Waals surface area (Å²) >= 11 is 6.33. The van der Waals surface area contributed by atoms with Crippen molar-refractivity contribution in [3.63, 3.8) is 0 Å². The van der Waals surface area contributed by atoms with E-state index in [1.54, 1.807) is 13.0 Å². The van der Waals surface area contributed by atoms with Crippen LogP contribution in [0.3, 0.4) is 0 Å². The second-order valence-corrected chi connectivity index (χ2v) is 11.2. The number of phenolic OH excluding ortho intramolecular Hbond substituents is 1. The van der Waals surface area contributed by atoms with E-state index in [2.05, 4.69) is 0 Å². The van der Waals surface area contributed by atoms with E-state index < -0.39 is 29.6 Å². The van der Waals surface area contributed by atoms with E-state index in [-0.39, 0.29) is 59.3 Å². The van der Waals surface area contributed by atoms with Gasteiger partial charge in [-0.1, -0.05) is 29.7 Å². The van der Waals surface area contributed by atoms with Gasteiger partial charge in [-0.2, -0.15) is 0 Å². The average Bonchev–Trinajstić information content (AvgIpc) is 3.16. The molecule has 0 radical (unpaired) electrons. The summed E-state index contributed by atoms with van der Waals surface area (Å²) in [5.41, 5.74) is 2.31. The van der Waals surface area contributed by atoms with Crippen molar-refractivity contribution in [3.8, 4) is 11.5 Å². The van der Waals surface area contributed by atoms with Gasteiger partial charge in [0.05, 0.1) is 24.0 Å². The van der Waals surface area contributed by atoms with Gasteiger partial charge in [-0.15, -0.1) is 0 Å². The van der Waals surface area contributed by atoms with Crippen LogP contribution in [0.2, 0.25) is 5.02 Å². The Morgan fingerprint density at radius 3 is 2.55 bits per heavy atom. The first-order chi connectivity index (χ1) is 19.0. The van der Waals surface area contributed by atoms with Crippen LogP contribution in [0, 0.1) is 17.8 Å². The maximum absolute atomic E-state index is 13.7. The van der Waals surface area contributed by atoms with Crippen LogP contribution in [0.5, 0.6) is 11.5 Å². The van der Waals surface area contributed by atoms with E-state index in [0.29, 0.717) is 48.0 Å². The van der Waals surface area contributed by atoms with Crippen molar-refractivity contribution < 1.29 is 38.9 Å². The number of unbranched alkanes of at least 4 members (excludes halogenated alkanes) is 2. The number of amides is 2. The van der Waals surface area contributed by atoms with Crippen molar-refractivity contribution in [3.05, 3.63) is 57.2 Å². The van der Waals surface area contributed by atoms with Gasteiger partial charge in [-0.05, 0) is 62.3 Å². The second kappa shape index (κ2) is 10.7. The van der Waals surface area contributed by atoms with Crippen molar-refractivity contribution in [2.75, 3.05) is 13.7 Å². The zero-order valence-corrected chi connectivity index (χ0v) is 23.0. The number of carboxylic acid groups (broad SMARTS) is 1. The van der Waals surface area contributed by atoms with Gasteiger partial charge in [0, 0.05) is 35.6 Å². The van der Waals surface area contributed by atoms with Gasteiger partial charge in [0.25, 0.3) is 0 Å². The molecular weight excluding hydrogens is 538 g/mol. The number of carbonyl (C=O) groups is 5. The van der Waals surface area contributed by atoms with Crippen LogP contribution in [0.25, 0.3) is 0 Å². The second-order valence-electron chi connectivity index (χ2n) is 10.8. The number of ketones is 2. The minimum absolute atomic E-state index is 0.0235. The number of rotatable bonds is 8. The highest BCUT2D eigenvalue weighted by Gasteiger charge is 2.56. The summed E-state index contributed by atoms with van der Waals surface area (Å²) in [6, 6.07) is 3.12. The molecule has 1 heterocycles. The van der Waals surface area contributed by atoms with E-state index in [0.717, 1.165) is 5.57 Å². The smallest absolute Gasteiger partial charge is 0.303 e. The van der Waals surface area contributed by atoms with Crippen LogP contribution in [-0.4, -0.2) is 58.1 Å². The van der Waals surface area contributed by atoms with E-state index in [1.807, 2.05) is 6.08 Å². The number of nitrogens with zero attached hydrogens (tertiary/aromatic N) is 1. The lowest BCUT2D eigenvalue weighted by Gasteiger charge is -2.42. The number of methoxy groups -OCH3 is 1. The summed E-state index contributed by atoms with van der Waals surface area (Å²) in [5.74, 6) is -4.53. The normalized spacial score (nSPS) is 25.8. The number of halogens is 1. The van der Waals surface area contributed by atoms with Crippen LogP contribution < -0.4 is 4.74 Å². The molecule has 1 saturated heterocycles. The SMILES string of the molecule is COc1cc(C2C3=CCC4C(=O)N(CCCCCC(=O)O)C(=O)C4C3CC3=C2C(=O)C=C(C)C3=O)cc(Cl)c1O. The lowest BCUT2D eigenvalue weighted by Crippen LogP contribution is -2.39. The maximum atomic E-state index is 13.7. The molecule has 2 amide bonds. The molecule has 4 aliphatic rings. The number of allylic oxidation sites excluding steroid dienone is 6. The monoisotopic (exact) mass is 567 g/mol. The topological polar surface area (TPSA) is 138 Å². The molecule has 0 bridgehead atoms. The Kier molecular flexibility index (Phi) is 7.44. The molecule has 2 N–H and O–H groups in total. The van der Waals surface area contributed by atoms with Crippen molar-refractivity contribution >= 4 is 41.0 Å². The Bertz CT molecular complexity index is 1440. The van der Waals surface area contributed by atoms with Crippen LogP contribution in [0.1, 0.15) is 56.9 Å². The first-order valence-corrected chi connectivity index (χ1v) is 13.8. The molecule has 0 aromatic heterocycles. The quantitative estimate of drug-likeness (QED) is 0.207. The van der Waals surface area contributed by atoms with Gasteiger partial charge < -0.3 is 14.9 Å². The molecule has 1 aliphatic heterocycles. The number of likely N-dealkylation sites (tertiary alicyclic amines) is 1. The Hall–Kier alpha value is -3.72. The predicted molar refractivity (Wildman–Crippen MR) is 144 cm³/mol. The van der Waals surface area contributed by atoms with Crippen molar-refractivity contribution in [2.45, 2.75) is 51.4 Å². The first kappa shape index (κ1) is 27.8. The highest BCUT2D eigenvalue weighted by Crippen LogP contribution is 2.56.